The smallest absolute Gasteiger partial charge is 0.248 e. The van der Waals surface area contributed by atoms with Crippen LogP contribution in [0.1, 0.15) is 18.4 Å². The number of aromatic nitrogens is 1. The number of thiazole rings is 1. The molecule has 0 saturated carbocycles. The summed E-state index contributed by atoms with van der Waals surface area (Å²) in [5.74, 6) is -0.191. The minimum atomic E-state index is -0.452. The van der Waals surface area contributed by atoms with E-state index in [1.807, 2.05) is 12.1 Å². The first kappa shape index (κ1) is 15.0. The van der Waals surface area contributed by atoms with Crippen molar-refractivity contribution in [1.29, 1.82) is 0 Å². The molecule has 1 aromatic heterocycles. The number of carbonyl (C=O) groups excluding carboxylic acids is 2. The van der Waals surface area contributed by atoms with Crippen molar-refractivity contribution in [1.82, 2.24) is 9.88 Å². The van der Waals surface area contributed by atoms with E-state index >= 15 is 0 Å². The Morgan fingerprint density at radius 2 is 2.18 bits per heavy atom. The Hall–Kier alpha value is -1.92. The van der Waals surface area contributed by atoms with Crippen LogP contribution in [0.25, 0.3) is 0 Å². The first-order valence-corrected chi connectivity index (χ1v) is 8.13. The molecule has 1 aromatic carbocycles. The molecule has 0 unspecified atom stereocenters. The fraction of sp³-hybridized carbons (Fsp3) is 0.267. The summed E-state index contributed by atoms with van der Waals surface area (Å²) in [6.07, 6.45) is 2.55. The molecule has 2 heterocycles. The Bertz CT molecular complexity index is 673. The van der Waals surface area contributed by atoms with Gasteiger partial charge in [0.15, 0.2) is 5.13 Å². The summed E-state index contributed by atoms with van der Waals surface area (Å²) in [7, 11) is 0. The normalized spacial score (nSPS) is 17.8. The average molecular weight is 336 g/mol. The van der Waals surface area contributed by atoms with Gasteiger partial charge in [0.1, 0.15) is 6.04 Å². The number of hydrogen-bond donors (Lipinski definition) is 1. The van der Waals surface area contributed by atoms with E-state index in [1.54, 1.807) is 28.6 Å². The minimum Gasteiger partial charge on any atom is -0.326 e. The Labute approximate surface area is 136 Å². The molecule has 0 bridgehead atoms. The molecule has 1 atom stereocenters. The fourth-order valence-electron chi connectivity index (χ4n) is 2.46. The van der Waals surface area contributed by atoms with E-state index in [9.17, 15) is 9.59 Å². The van der Waals surface area contributed by atoms with E-state index in [-0.39, 0.29) is 11.8 Å². The van der Waals surface area contributed by atoms with Gasteiger partial charge >= 0.3 is 0 Å². The summed E-state index contributed by atoms with van der Waals surface area (Å²) in [5, 5.41) is 5.75. The second kappa shape index (κ2) is 6.46. The van der Waals surface area contributed by atoms with Crippen molar-refractivity contribution < 1.29 is 9.59 Å². The van der Waals surface area contributed by atoms with Gasteiger partial charge in [-0.25, -0.2) is 4.98 Å². The van der Waals surface area contributed by atoms with Crippen molar-refractivity contribution in [3.8, 4) is 0 Å². The highest BCUT2D eigenvalue weighted by Crippen LogP contribution is 2.24. The third-order valence-corrected chi connectivity index (χ3v) is 4.50. The van der Waals surface area contributed by atoms with Crippen molar-refractivity contribution >= 4 is 39.9 Å². The number of nitrogens with zero attached hydrogens (tertiary/aromatic N) is 2. The maximum absolute atomic E-state index is 12.4. The van der Waals surface area contributed by atoms with Gasteiger partial charge in [-0.1, -0.05) is 23.7 Å². The van der Waals surface area contributed by atoms with Crippen molar-refractivity contribution in [3.63, 3.8) is 0 Å². The molecule has 2 amide bonds. The van der Waals surface area contributed by atoms with Gasteiger partial charge in [0.25, 0.3) is 0 Å². The Kier molecular flexibility index (Phi) is 4.40. The highest BCUT2D eigenvalue weighted by Gasteiger charge is 2.36. The van der Waals surface area contributed by atoms with E-state index < -0.39 is 6.04 Å². The van der Waals surface area contributed by atoms with Gasteiger partial charge in [-0.15, -0.1) is 11.3 Å². The van der Waals surface area contributed by atoms with Crippen LogP contribution in [0.4, 0.5) is 5.13 Å². The lowest BCUT2D eigenvalue weighted by atomic mass is 10.1. The first-order valence-electron chi connectivity index (χ1n) is 6.88. The molecular formula is C15H14ClN3O2S. The predicted octanol–water partition coefficient (Wildman–Crippen LogP) is 2.93. The summed E-state index contributed by atoms with van der Waals surface area (Å²) in [4.78, 5) is 30.1. The van der Waals surface area contributed by atoms with Crippen LogP contribution in [-0.4, -0.2) is 27.7 Å². The average Bonchev–Trinajstić information content (AvgIpc) is 3.12. The number of halogens is 1. The molecule has 3 rings (SSSR count). The summed E-state index contributed by atoms with van der Waals surface area (Å²) in [5.41, 5.74) is 0.951. The maximum Gasteiger partial charge on any atom is 0.248 e. The maximum atomic E-state index is 12.4. The number of amides is 2. The molecule has 5 nitrogen and oxygen atoms in total. The number of likely N-dealkylation sites (tertiary alicyclic amines) is 1. The van der Waals surface area contributed by atoms with Gasteiger partial charge in [0, 0.05) is 29.6 Å². The number of rotatable bonds is 4. The van der Waals surface area contributed by atoms with Gasteiger partial charge in [-0.05, 0) is 24.1 Å². The lowest BCUT2D eigenvalue weighted by Gasteiger charge is -2.23. The summed E-state index contributed by atoms with van der Waals surface area (Å²) >= 11 is 7.22. The topological polar surface area (TPSA) is 62.3 Å². The van der Waals surface area contributed by atoms with Crippen LogP contribution in [-0.2, 0) is 16.1 Å². The molecule has 0 spiro atoms. The zero-order valence-electron chi connectivity index (χ0n) is 11.7. The summed E-state index contributed by atoms with van der Waals surface area (Å²) < 4.78 is 0. The van der Waals surface area contributed by atoms with Gasteiger partial charge in [-0.3, -0.25) is 9.59 Å². The van der Waals surface area contributed by atoms with E-state index in [0.717, 1.165) is 5.56 Å². The van der Waals surface area contributed by atoms with Crippen molar-refractivity contribution in [2.45, 2.75) is 25.4 Å². The van der Waals surface area contributed by atoms with Crippen LogP contribution >= 0.6 is 22.9 Å². The zero-order valence-corrected chi connectivity index (χ0v) is 13.2. The molecule has 2 aromatic rings. The molecule has 0 radical (unpaired) electrons. The molecule has 114 valence electrons. The monoisotopic (exact) mass is 335 g/mol. The van der Waals surface area contributed by atoms with E-state index in [1.165, 1.54) is 11.3 Å². The number of carbonyl (C=O) groups is 2. The Balaban J connectivity index is 1.71. The zero-order chi connectivity index (χ0) is 15.5. The minimum absolute atomic E-state index is 0.00533. The Morgan fingerprint density at radius 1 is 1.41 bits per heavy atom. The molecule has 1 saturated heterocycles. The highest BCUT2D eigenvalue weighted by molar-refractivity contribution is 7.13. The van der Waals surface area contributed by atoms with Gasteiger partial charge in [-0.2, -0.15) is 0 Å². The summed E-state index contributed by atoms with van der Waals surface area (Å²) in [6, 6.07) is 6.84. The second-order valence-corrected chi connectivity index (χ2v) is 6.36. The predicted molar refractivity (Wildman–Crippen MR) is 85.8 cm³/mol. The quantitative estimate of drug-likeness (QED) is 0.934. The number of anilines is 1. The largest absolute Gasteiger partial charge is 0.326 e. The van der Waals surface area contributed by atoms with Gasteiger partial charge < -0.3 is 10.2 Å². The molecule has 7 heteroatoms. The van der Waals surface area contributed by atoms with Crippen molar-refractivity contribution in [2.75, 3.05) is 5.32 Å². The van der Waals surface area contributed by atoms with E-state index in [0.29, 0.717) is 29.5 Å². The van der Waals surface area contributed by atoms with E-state index in [4.69, 9.17) is 11.6 Å². The molecule has 22 heavy (non-hydrogen) atoms. The Morgan fingerprint density at radius 3 is 2.86 bits per heavy atom. The summed E-state index contributed by atoms with van der Waals surface area (Å²) in [6.45, 7) is 0.409. The third-order valence-electron chi connectivity index (χ3n) is 3.56. The molecular weight excluding hydrogens is 322 g/mol. The van der Waals surface area contributed by atoms with Crippen LogP contribution in [0.2, 0.25) is 5.02 Å². The van der Waals surface area contributed by atoms with Crippen LogP contribution < -0.4 is 5.32 Å². The first-order chi connectivity index (χ1) is 10.6. The fourth-order valence-corrected chi connectivity index (χ4v) is 3.12. The SMILES string of the molecule is O=C(Nc1nccs1)[C@@H]1CCC(=O)N1Cc1ccc(Cl)cc1. The van der Waals surface area contributed by atoms with Crippen LogP contribution in [0.5, 0.6) is 0 Å². The van der Waals surface area contributed by atoms with Crippen LogP contribution in [0, 0.1) is 0 Å². The number of hydrogen-bond acceptors (Lipinski definition) is 4. The third kappa shape index (κ3) is 3.28. The standard InChI is InChI=1S/C15H14ClN3O2S/c16-11-3-1-10(2-4-11)9-19-12(5-6-13(19)20)14(21)18-15-17-7-8-22-15/h1-4,7-8,12H,5-6,9H2,(H,17,18,21)/t12-/m0/s1. The molecule has 1 fully saturated rings. The van der Waals surface area contributed by atoms with Gasteiger partial charge in [0.2, 0.25) is 11.8 Å². The van der Waals surface area contributed by atoms with Crippen molar-refractivity contribution in [3.05, 3.63) is 46.4 Å². The van der Waals surface area contributed by atoms with Crippen molar-refractivity contribution in [2.24, 2.45) is 0 Å². The molecule has 1 aliphatic rings. The molecule has 1 N–H and O–H groups in total. The molecule has 1 aliphatic heterocycles. The highest BCUT2D eigenvalue weighted by atomic mass is 35.5. The second-order valence-electron chi connectivity index (χ2n) is 5.03. The lowest BCUT2D eigenvalue weighted by Crippen LogP contribution is -2.41. The lowest BCUT2D eigenvalue weighted by molar-refractivity contribution is -0.133. The molecule has 0 aliphatic carbocycles. The van der Waals surface area contributed by atoms with Crippen LogP contribution in [0.3, 0.4) is 0 Å². The van der Waals surface area contributed by atoms with E-state index in [2.05, 4.69) is 10.3 Å². The number of nitrogens with one attached hydrogen (secondary N) is 1. The number of benzene rings is 1. The van der Waals surface area contributed by atoms with Gasteiger partial charge in [0.05, 0.1) is 0 Å². The van der Waals surface area contributed by atoms with Crippen LogP contribution in [0.15, 0.2) is 35.8 Å².